The van der Waals surface area contributed by atoms with E-state index in [1.165, 1.54) is 17.2 Å². The second kappa shape index (κ2) is 7.30. The molecule has 32 heavy (non-hydrogen) atoms. The van der Waals surface area contributed by atoms with Gasteiger partial charge in [0.15, 0.2) is 11.5 Å². The number of aromatic nitrogens is 2. The summed E-state index contributed by atoms with van der Waals surface area (Å²) in [5.41, 5.74) is 6.74. The molecule has 0 radical (unpaired) electrons. The van der Waals surface area contributed by atoms with E-state index in [9.17, 15) is 13.2 Å². The Bertz CT molecular complexity index is 1260. The number of benzene rings is 1. The molecule has 0 bridgehead atoms. The van der Waals surface area contributed by atoms with E-state index in [4.69, 9.17) is 17.3 Å². The number of rotatable bonds is 3. The first-order valence-electron chi connectivity index (χ1n) is 9.68. The van der Waals surface area contributed by atoms with Crippen molar-refractivity contribution in [3.05, 3.63) is 83.2 Å². The minimum Gasteiger partial charge on any atom is -0.369 e. The van der Waals surface area contributed by atoms with Gasteiger partial charge in [-0.1, -0.05) is 29.8 Å². The van der Waals surface area contributed by atoms with Crippen LogP contribution >= 0.6 is 11.6 Å². The molecule has 0 aliphatic carbocycles. The van der Waals surface area contributed by atoms with Gasteiger partial charge in [-0.2, -0.15) is 4.39 Å². The van der Waals surface area contributed by atoms with Gasteiger partial charge in [0.25, 0.3) is 5.92 Å². The van der Waals surface area contributed by atoms with Gasteiger partial charge in [0.2, 0.25) is 5.95 Å². The average Bonchev–Trinajstić information content (AvgIpc) is 3.08. The van der Waals surface area contributed by atoms with Gasteiger partial charge >= 0.3 is 0 Å². The molecule has 1 unspecified atom stereocenters. The molecule has 0 spiro atoms. The number of nitrogens with zero attached hydrogens (tertiary/aromatic N) is 5. The van der Waals surface area contributed by atoms with E-state index in [-0.39, 0.29) is 22.4 Å². The number of amidine groups is 1. The number of hydrogen-bond acceptors (Lipinski definition) is 6. The van der Waals surface area contributed by atoms with Crippen LogP contribution in [-0.2, 0) is 5.54 Å². The lowest BCUT2D eigenvalue weighted by Gasteiger charge is -2.35. The normalized spacial score (nSPS) is 21.7. The summed E-state index contributed by atoms with van der Waals surface area (Å²) < 4.78 is 42.7. The molecule has 3 aromatic rings. The fourth-order valence-electron chi connectivity index (χ4n) is 4.10. The summed E-state index contributed by atoms with van der Waals surface area (Å²) in [6, 6.07) is 11.8. The molecule has 0 amide bonds. The Morgan fingerprint density at radius 1 is 1.06 bits per heavy atom. The Hall–Kier alpha value is -3.46. The van der Waals surface area contributed by atoms with Crippen molar-refractivity contribution in [2.45, 2.75) is 11.5 Å². The van der Waals surface area contributed by atoms with Crippen molar-refractivity contribution in [3.63, 3.8) is 0 Å². The van der Waals surface area contributed by atoms with Crippen LogP contribution in [-0.4, -0.2) is 45.7 Å². The lowest BCUT2D eigenvalue weighted by Crippen LogP contribution is -2.53. The highest BCUT2D eigenvalue weighted by Crippen LogP contribution is 2.43. The number of pyridine rings is 2. The molecule has 1 aromatic carbocycles. The fraction of sp³-hybridized carbons (Fsp3) is 0.182. The third-order valence-corrected chi connectivity index (χ3v) is 5.69. The SMILES string of the molecule is NC1=NC(c2ccncc2)(c2cccc(-c3cc(Cl)cnc3F)c2)C2=NCC(F)(F)CN12. The van der Waals surface area contributed by atoms with Crippen molar-refractivity contribution in [1.29, 1.82) is 0 Å². The smallest absolute Gasteiger partial charge is 0.284 e. The molecule has 4 heterocycles. The number of halogens is 4. The largest absolute Gasteiger partial charge is 0.369 e. The molecular weight excluding hydrogens is 441 g/mol. The Labute approximate surface area is 186 Å². The summed E-state index contributed by atoms with van der Waals surface area (Å²) in [5, 5.41) is 0.281. The Kier molecular flexibility index (Phi) is 4.67. The van der Waals surface area contributed by atoms with Crippen LogP contribution in [0, 0.1) is 5.95 Å². The van der Waals surface area contributed by atoms with Gasteiger partial charge in [0.05, 0.1) is 11.6 Å². The van der Waals surface area contributed by atoms with E-state index < -0.39 is 30.5 Å². The van der Waals surface area contributed by atoms with Crippen LogP contribution in [0.15, 0.2) is 71.0 Å². The van der Waals surface area contributed by atoms with Crippen molar-refractivity contribution >= 4 is 23.4 Å². The van der Waals surface area contributed by atoms with Crippen molar-refractivity contribution in [1.82, 2.24) is 14.9 Å². The molecule has 10 heteroatoms. The number of fused-ring (bicyclic) bond motifs is 1. The summed E-state index contributed by atoms with van der Waals surface area (Å²) in [5.74, 6) is -3.50. The van der Waals surface area contributed by atoms with Crippen molar-refractivity contribution in [3.8, 4) is 11.1 Å². The molecule has 1 atom stereocenters. The highest BCUT2D eigenvalue weighted by Gasteiger charge is 2.53. The van der Waals surface area contributed by atoms with Gasteiger partial charge in [0.1, 0.15) is 12.4 Å². The third-order valence-electron chi connectivity index (χ3n) is 5.48. The minimum atomic E-state index is -3.03. The van der Waals surface area contributed by atoms with E-state index >= 15 is 0 Å². The molecule has 5 rings (SSSR count). The Balaban J connectivity index is 1.75. The van der Waals surface area contributed by atoms with Crippen LogP contribution in [0.3, 0.4) is 0 Å². The van der Waals surface area contributed by atoms with Crippen molar-refractivity contribution in [2.75, 3.05) is 13.1 Å². The molecule has 0 saturated carbocycles. The van der Waals surface area contributed by atoms with E-state index in [1.54, 1.807) is 48.8 Å². The van der Waals surface area contributed by atoms with Gasteiger partial charge in [-0.25, -0.2) is 18.8 Å². The monoisotopic (exact) mass is 456 g/mol. The number of alkyl halides is 2. The molecule has 162 valence electrons. The topological polar surface area (TPSA) is 79.8 Å². The van der Waals surface area contributed by atoms with Gasteiger partial charge in [-0.3, -0.25) is 14.9 Å². The average molecular weight is 457 g/mol. The summed E-state index contributed by atoms with van der Waals surface area (Å²) in [4.78, 5) is 17.8. The number of nitrogens with two attached hydrogens (primary N) is 1. The van der Waals surface area contributed by atoms with Crippen LogP contribution < -0.4 is 5.73 Å². The maximum absolute atomic E-state index is 14.5. The van der Waals surface area contributed by atoms with Crippen molar-refractivity contribution in [2.24, 2.45) is 15.7 Å². The molecular formula is C22H16ClF3N6. The third kappa shape index (κ3) is 3.20. The van der Waals surface area contributed by atoms with Crippen LogP contribution in [0.4, 0.5) is 13.2 Å². The Morgan fingerprint density at radius 3 is 2.62 bits per heavy atom. The van der Waals surface area contributed by atoms with Crippen molar-refractivity contribution < 1.29 is 13.2 Å². The summed E-state index contributed by atoms with van der Waals surface area (Å²) in [6.45, 7) is -1.30. The molecule has 0 fully saturated rings. The van der Waals surface area contributed by atoms with E-state index in [0.717, 1.165) is 0 Å². The number of hydrogen-bond donors (Lipinski definition) is 1. The zero-order valence-electron chi connectivity index (χ0n) is 16.5. The maximum atomic E-state index is 14.5. The van der Waals surface area contributed by atoms with Gasteiger partial charge in [0, 0.05) is 24.2 Å². The van der Waals surface area contributed by atoms with Crippen LogP contribution in [0.5, 0.6) is 0 Å². The maximum Gasteiger partial charge on any atom is 0.284 e. The summed E-state index contributed by atoms with van der Waals surface area (Å²) >= 11 is 6.02. The van der Waals surface area contributed by atoms with Gasteiger partial charge in [-0.05, 0) is 41.0 Å². The molecule has 0 saturated heterocycles. The molecule has 6 nitrogen and oxygen atoms in total. The summed E-state index contributed by atoms with van der Waals surface area (Å²) in [7, 11) is 0. The van der Waals surface area contributed by atoms with E-state index in [2.05, 4.69) is 20.0 Å². The first-order valence-corrected chi connectivity index (χ1v) is 10.1. The standard InChI is InChI=1S/C22H16ClF3N6/c23-16-9-17(18(24)29-10-16)13-2-1-3-15(8-13)22(14-4-6-28-7-5-14)19-30-11-21(25,26)12-32(19)20(27)31-22/h1-10H,11-12H2,(H2,27,31). The molecule has 2 aliphatic rings. The predicted molar refractivity (Wildman–Crippen MR) is 115 cm³/mol. The quantitative estimate of drug-likeness (QED) is 0.607. The van der Waals surface area contributed by atoms with Crippen LogP contribution in [0.1, 0.15) is 11.1 Å². The lowest BCUT2D eigenvalue weighted by atomic mass is 9.81. The van der Waals surface area contributed by atoms with E-state index in [1.807, 2.05) is 0 Å². The second-order valence-electron chi connectivity index (χ2n) is 7.57. The second-order valence-corrected chi connectivity index (χ2v) is 8.01. The fourth-order valence-corrected chi connectivity index (χ4v) is 4.26. The first-order chi connectivity index (χ1) is 15.3. The summed E-state index contributed by atoms with van der Waals surface area (Å²) in [6.07, 6.45) is 4.38. The minimum absolute atomic E-state index is 0.0686. The van der Waals surface area contributed by atoms with Crippen LogP contribution in [0.2, 0.25) is 5.02 Å². The lowest BCUT2D eigenvalue weighted by molar-refractivity contribution is -0.00437. The zero-order valence-corrected chi connectivity index (χ0v) is 17.3. The van der Waals surface area contributed by atoms with Gasteiger partial charge in [-0.15, -0.1) is 0 Å². The van der Waals surface area contributed by atoms with E-state index in [0.29, 0.717) is 16.7 Å². The zero-order chi connectivity index (χ0) is 22.5. The first kappa shape index (κ1) is 20.4. The van der Waals surface area contributed by atoms with Crippen LogP contribution in [0.25, 0.3) is 11.1 Å². The molecule has 2 aliphatic heterocycles. The van der Waals surface area contributed by atoms with Gasteiger partial charge < -0.3 is 5.73 Å². The number of guanidine groups is 1. The predicted octanol–water partition coefficient (Wildman–Crippen LogP) is 3.86. The highest BCUT2D eigenvalue weighted by atomic mass is 35.5. The number of aliphatic imine (C=N–C) groups is 2. The highest BCUT2D eigenvalue weighted by molar-refractivity contribution is 6.30. The molecule has 2 N–H and O–H groups in total. The Morgan fingerprint density at radius 2 is 1.84 bits per heavy atom. The molecule has 2 aromatic heterocycles.